The van der Waals surface area contributed by atoms with E-state index in [1.165, 1.54) is 0 Å². The van der Waals surface area contributed by atoms with Crippen LogP contribution in [0.15, 0.2) is 17.0 Å². The van der Waals surface area contributed by atoms with Gasteiger partial charge in [0.1, 0.15) is 11.5 Å². The summed E-state index contributed by atoms with van der Waals surface area (Å²) >= 11 is 3.55. The summed E-state index contributed by atoms with van der Waals surface area (Å²) in [5.74, 6) is 1.53. The van der Waals surface area contributed by atoms with E-state index < -0.39 is 0 Å². The highest BCUT2D eigenvalue weighted by molar-refractivity contribution is 9.10. The molecular formula is C12H16BrN5. The lowest BCUT2D eigenvalue weighted by Crippen LogP contribution is -2.07. The van der Waals surface area contributed by atoms with Crippen molar-refractivity contribution in [1.29, 1.82) is 0 Å². The molecule has 0 aliphatic heterocycles. The first-order valence-corrected chi connectivity index (χ1v) is 6.73. The van der Waals surface area contributed by atoms with E-state index in [1.807, 2.05) is 18.5 Å². The van der Waals surface area contributed by atoms with Crippen LogP contribution in [-0.4, -0.2) is 26.1 Å². The van der Waals surface area contributed by atoms with Crippen molar-refractivity contribution >= 4 is 21.7 Å². The SMILES string of the molecule is CCNc1nc(-c2cncn2C)nc(CC)c1Br. The van der Waals surface area contributed by atoms with Crippen LogP contribution in [0.4, 0.5) is 5.82 Å². The van der Waals surface area contributed by atoms with E-state index in [9.17, 15) is 0 Å². The largest absolute Gasteiger partial charge is 0.369 e. The van der Waals surface area contributed by atoms with Crippen molar-refractivity contribution in [2.75, 3.05) is 11.9 Å². The van der Waals surface area contributed by atoms with Crippen LogP contribution in [0.3, 0.4) is 0 Å². The average molecular weight is 310 g/mol. The second-order valence-electron chi connectivity index (χ2n) is 3.93. The summed E-state index contributed by atoms with van der Waals surface area (Å²) in [6.45, 7) is 4.95. The predicted molar refractivity (Wildman–Crippen MR) is 75.5 cm³/mol. The number of nitrogens with one attached hydrogen (secondary N) is 1. The molecule has 0 unspecified atom stereocenters. The van der Waals surface area contributed by atoms with E-state index in [2.05, 4.69) is 43.1 Å². The first-order valence-electron chi connectivity index (χ1n) is 5.94. The first-order chi connectivity index (χ1) is 8.67. The molecule has 1 N–H and O–H groups in total. The van der Waals surface area contributed by atoms with Gasteiger partial charge >= 0.3 is 0 Å². The third-order valence-corrected chi connectivity index (χ3v) is 3.48. The number of hydrogen-bond acceptors (Lipinski definition) is 4. The average Bonchev–Trinajstić information content (AvgIpc) is 2.78. The highest BCUT2D eigenvalue weighted by Gasteiger charge is 2.13. The molecule has 0 saturated carbocycles. The lowest BCUT2D eigenvalue weighted by molar-refractivity contribution is 0.897. The van der Waals surface area contributed by atoms with Crippen molar-refractivity contribution in [2.24, 2.45) is 7.05 Å². The van der Waals surface area contributed by atoms with E-state index in [1.54, 1.807) is 12.5 Å². The van der Waals surface area contributed by atoms with Gasteiger partial charge in [-0.3, -0.25) is 0 Å². The van der Waals surface area contributed by atoms with Gasteiger partial charge in [-0.15, -0.1) is 0 Å². The van der Waals surface area contributed by atoms with E-state index in [4.69, 9.17) is 0 Å². The van der Waals surface area contributed by atoms with Crippen LogP contribution < -0.4 is 5.32 Å². The Morgan fingerprint density at radius 2 is 2.11 bits per heavy atom. The summed E-state index contributed by atoms with van der Waals surface area (Å²) in [5, 5.41) is 3.24. The zero-order chi connectivity index (χ0) is 13.1. The van der Waals surface area contributed by atoms with Gasteiger partial charge in [-0.25, -0.2) is 15.0 Å². The smallest absolute Gasteiger partial charge is 0.180 e. The van der Waals surface area contributed by atoms with Gasteiger partial charge in [0.2, 0.25) is 0 Å². The van der Waals surface area contributed by atoms with Crippen LogP contribution >= 0.6 is 15.9 Å². The molecule has 2 aromatic rings. The molecule has 0 amide bonds. The molecule has 18 heavy (non-hydrogen) atoms. The van der Waals surface area contributed by atoms with Gasteiger partial charge in [0.05, 0.1) is 22.7 Å². The third kappa shape index (κ3) is 2.38. The van der Waals surface area contributed by atoms with E-state index in [0.29, 0.717) is 5.82 Å². The Morgan fingerprint density at radius 3 is 2.67 bits per heavy atom. The summed E-state index contributed by atoms with van der Waals surface area (Å²) in [6.07, 6.45) is 4.38. The van der Waals surface area contributed by atoms with Gasteiger partial charge in [-0.05, 0) is 29.3 Å². The van der Waals surface area contributed by atoms with Crippen LogP contribution in [0.5, 0.6) is 0 Å². The Hall–Kier alpha value is -1.43. The number of anilines is 1. The maximum Gasteiger partial charge on any atom is 0.180 e. The van der Waals surface area contributed by atoms with Crippen LogP contribution in [0.1, 0.15) is 19.5 Å². The van der Waals surface area contributed by atoms with Gasteiger partial charge in [0, 0.05) is 13.6 Å². The minimum absolute atomic E-state index is 0.700. The zero-order valence-electron chi connectivity index (χ0n) is 10.7. The molecule has 2 heterocycles. The molecule has 0 aliphatic rings. The molecule has 2 rings (SSSR count). The van der Waals surface area contributed by atoms with Gasteiger partial charge in [0.15, 0.2) is 5.82 Å². The highest BCUT2D eigenvalue weighted by atomic mass is 79.9. The maximum atomic E-state index is 4.58. The van der Waals surface area contributed by atoms with Gasteiger partial charge in [-0.1, -0.05) is 6.92 Å². The molecule has 0 spiro atoms. The molecule has 96 valence electrons. The van der Waals surface area contributed by atoms with E-state index >= 15 is 0 Å². The molecule has 2 aromatic heterocycles. The van der Waals surface area contributed by atoms with Crippen molar-refractivity contribution < 1.29 is 0 Å². The summed E-state index contributed by atoms with van der Waals surface area (Å²) < 4.78 is 2.86. The standard InChI is InChI=1S/C12H16BrN5/c1-4-8-10(13)12(15-5-2)17-11(16-8)9-6-14-7-18(9)3/h6-7H,4-5H2,1-3H3,(H,15,16,17). The topological polar surface area (TPSA) is 55.6 Å². The molecule has 5 nitrogen and oxygen atoms in total. The molecule has 0 radical (unpaired) electrons. The molecule has 0 bridgehead atoms. The Morgan fingerprint density at radius 1 is 1.33 bits per heavy atom. The fourth-order valence-electron chi connectivity index (χ4n) is 1.70. The molecular weight excluding hydrogens is 294 g/mol. The minimum atomic E-state index is 0.700. The van der Waals surface area contributed by atoms with E-state index in [-0.39, 0.29) is 0 Å². The fourth-order valence-corrected chi connectivity index (χ4v) is 2.30. The monoisotopic (exact) mass is 309 g/mol. The Balaban J connectivity index is 2.55. The second-order valence-corrected chi connectivity index (χ2v) is 4.72. The molecule has 0 saturated heterocycles. The van der Waals surface area contributed by atoms with Crippen molar-refractivity contribution in [2.45, 2.75) is 20.3 Å². The molecule has 6 heteroatoms. The lowest BCUT2D eigenvalue weighted by Gasteiger charge is -2.11. The Labute approximate surface area is 115 Å². The quantitative estimate of drug-likeness (QED) is 0.943. The van der Waals surface area contributed by atoms with Gasteiger partial charge < -0.3 is 9.88 Å². The van der Waals surface area contributed by atoms with Crippen LogP contribution in [0.2, 0.25) is 0 Å². The lowest BCUT2D eigenvalue weighted by atomic mass is 10.3. The molecule has 0 fully saturated rings. The number of aryl methyl sites for hydroxylation is 2. The number of aromatic nitrogens is 4. The third-order valence-electron chi connectivity index (χ3n) is 2.64. The summed E-state index contributed by atoms with van der Waals surface area (Å²) in [7, 11) is 1.94. The van der Waals surface area contributed by atoms with Crippen molar-refractivity contribution in [3.63, 3.8) is 0 Å². The summed E-state index contributed by atoms with van der Waals surface area (Å²) in [4.78, 5) is 13.2. The van der Waals surface area contributed by atoms with Crippen LogP contribution in [0.25, 0.3) is 11.5 Å². The zero-order valence-corrected chi connectivity index (χ0v) is 12.3. The van der Waals surface area contributed by atoms with Crippen molar-refractivity contribution in [3.05, 3.63) is 22.7 Å². The Kier molecular flexibility index (Phi) is 3.96. The molecule has 0 aromatic carbocycles. The molecule has 0 atom stereocenters. The first kappa shape index (κ1) is 13.0. The maximum absolute atomic E-state index is 4.58. The number of hydrogen-bond donors (Lipinski definition) is 1. The van der Waals surface area contributed by atoms with Crippen molar-refractivity contribution in [3.8, 4) is 11.5 Å². The minimum Gasteiger partial charge on any atom is -0.369 e. The number of halogens is 1. The fraction of sp³-hybridized carbons (Fsp3) is 0.417. The van der Waals surface area contributed by atoms with Gasteiger partial charge in [0.25, 0.3) is 0 Å². The number of nitrogens with zero attached hydrogens (tertiary/aromatic N) is 4. The Bertz CT molecular complexity index is 549. The summed E-state index contributed by atoms with van der Waals surface area (Å²) in [6, 6.07) is 0. The number of imidazole rings is 1. The molecule has 0 aliphatic carbocycles. The van der Waals surface area contributed by atoms with Crippen LogP contribution in [-0.2, 0) is 13.5 Å². The normalized spacial score (nSPS) is 10.7. The number of rotatable bonds is 4. The highest BCUT2D eigenvalue weighted by Crippen LogP contribution is 2.27. The summed E-state index contributed by atoms with van der Waals surface area (Å²) in [5.41, 5.74) is 1.91. The second kappa shape index (κ2) is 5.48. The van der Waals surface area contributed by atoms with Gasteiger partial charge in [-0.2, -0.15) is 0 Å². The van der Waals surface area contributed by atoms with E-state index in [0.717, 1.165) is 34.6 Å². The predicted octanol–water partition coefficient (Wildman–Crippen LogP) is 2.63. The van der Waals surface area contributed by atoms with Crippen molar-refractivity contribution in [1.82, 2.24) is 19.5 Å². The van der Waals surface area contributed by atoms with Crippen LogP contribution in [0, 0.1) is 0 Å².